The number of carbonyl (C=O) groups is 1. The molecule has 0 unspecified atom stereocenters. The number of amides is 1. The van der Waals surface area contributed by atoms with Crippen molar-refractivity contribution in [2.45, 2.75) is 11.9 Å². The zero-order chi connectivity index (χ0) is 24.2. The Morgan fingerprint density at radius 1 is 1.03 bits per heavy atom. The highest BCUT2D eigenvalue weighted by molar-refractivity contribution is 8.00. The van der Waals surface area contributed by atoms with Gasteiger partial charge in [0.1, 0.15) is 5.03 Å². The lowest BCUT2D eigenvalue weighted by Crippen LogP contribution is -2.14. The number of anilines is 1. The lowest BCUT2D eigenvalue weighted by molar-refractivity contribution is -0.113. The third-order valence-electron chi connectivity index (χ3n) is 5.26. The van der Waals surface area contributed by atoms with E-state index in [2.05, 4.69) is 5.32 Å². The van der Waals surface area contributed by atoms with E-state index in [1.807, 2.05) is 85.8 Å². The second kappa shape index (κ2) is 9.99. The monoisotopic (exact) mass is 482 g/mol. The van der Waals surface area contributed by atoms with Crippen LogP contribution in [0, 0.1) is 5.41 Å². The number of ether oxygens (including phenoxy) is 1. The molecular formula is C27H22N4O3S. The first-order chi connectivity index (χ1) is 17.1. The smallest absolute Gasteiger partial charge is 0.234 e. The average molecular weight is 483 g/mol. The highest BCUT2D eigenvalue weighted by Gasteiger charge is 2.16. The van der Waals surface area contributed by atoms with E-state index in [1.165, 1.54) is 11.8 Å². The molecule has 174 valence electrons. The predicted octanol–water partition coefficient (Wildman–Crippen LogP) is 5.65. The van der Waals surface area contributed by atoms with Crippen LogP contribution in [0.2, 0.25) is 0 Å². The lowest BCUT2D eigenvalue weighted by atomic mass is 10.1. The molecule has 5 rings (SSSR count). The second-order valence-corrected chi connectivity index (χ2v) is 8.63. The van der Waals surface area contributed by atoms with Crippen LogP contribution in [0.3, 0.4) is 0 Å². The number of fused-ring (bicyclic) bond motifs is 2. The Balaban J connectivity index is 1.51. The van der Waals surface area contributed by atoms with Crippen LogP contribution in [0.5, 0.6) is 5.75 Å². The molecule has 0 atom stereocenters. The Kier molecular flexibility index (Phi) is 6.45. The molecule has 2 N–H and O–H groups in total. The molecule has 0 radical (unpaired) electrons. The van der Waals surface area contributed by atoms with Crippen molar-refractivity contribution in [2.24, 2.45) is 0 Å². The molecule has 2 heterocycles. The Bertz CT molecular complexity index is 1580. The summed E-state index contributed by atoms with van der Waals surface area (Å²) in [4.78, 5) is 22.0. The van der Waals surface area contributed by atoms with E-state index < -0.39 is 0 Å². The van der Waals surface area contributed by atoms with Gasteiger partial charge in [0.05, 0.1) is 23.4 Å². The van der Waals surface area contributed by atoms with E-state index in [4.69, 9.17) is 24.5 Å². The molecule has 0 aliphatic heterocycles. The highest BCUT2D eigenvalue weighted by Crippen LogP contribution is 2.30. The van der Waals surface area contributed by atoms with Crippen LogP contribution < -0.4 is 15.6 Å². The van der Waals surface area contributed by atoms with Gasteiger partial charge in [-0.05, 0) is 37.3 Å². The molecule has 5 aromatic rings. The van der Waals surface area contributed by atoms with Gasteiger partial charge in [0.25, 0.3) is 0 Å². The van der Waals surface area contributed by atoms with Crippen LogP contribution in [-0.2, 0) is 4.79 Å². The van der Waals surface area contributed by atoms with Crippen LogP contribution in [0.1, 0.15) is 6.92 Å². The van der Waals surface area contributed by atoms with Gasteiger partial charge < -0.3 is 14.5 Å². The van der Waals surface area contributed by atoms with Gasteiger partial charge in [-0.15, -0.1) is 0 Å². The molecule has 35 heavy (non-hydrogen) atoms. The molecule has 0 aliphatic carbocycles. The van der Waals surface area contributed by atoms with Gasteiger partial charge in [0.2, 0.25) is 11.5 Å². The molecule has 2 aromatic heterocycles. The van der Waals surface area contributed by atoms with E-state index in [9.17, 15) is 4.79 Å². The number of nitrogens with zero attached hydrogens (tertiary/aromatic N) is 2. The van der Waals surface area contributed by atoms with Crippen LogP contribution in [0.15, 0.2) is 88.3 Å². The lowest BCUT2D eigenvalue weighted by Gasteiger charge is -2.10. The molecule has 0 fully saturated rings. The zero-order valence-electron chi connectivity index (χ0n) is 18.9. The summed E-state index contributed by atoms with van der Waals surface area (Å²) in [6.07, 6.45) is 0. The van der Waals surface area contributed by atoms with Crippen molar-refractivity contribution in [1.29, 1.82) is 5.41 Å². The fourth-order valence-electron chi connectivity index (χ4n) is 3.70. The third-order valence-corrected chi connectivity index (χ3v) is 6.26. The maximum Gasteiger partial charge on any atom is 0.234 e. The van der Waals surface area contributed by atoms with Gasteiger partial charge in [-0.2, -0.15) is 0 Å². The SMILES string of the molecule is CCOc1cccc2cc(-c3nc(SCC(=O)Nc4ccccc4)c4ccccc4n3)c(=N)oc12. The van der Waals surface area contributed by atoms with Gasteiger partial charge in [0, 0.05) is 16.5 Å². The van der Waals surface area contributed by atoms with E-state index in [0.29, 0.717) is 34.4 Å². The van der Waals surface area contributed by atoms with Gasteiger partial charge in [-0.25, -0.2) is 9.97 Å². The summed E-state index contributed by atoms with van der Waals surface area (Å²) in [5.41, 5.74) is 2.39. The first kappa shape index (κ1) is 22.6. The first-order valence-corrected chi connectivity index (χ1v) is 12.1. The summed E-state index contributed by atoms with van der Waals surface area (Å²) in [7, 11) is 0. The van der Waals surface area contributed by atoms with Crippen molar-refractivity contribution < 1.29 is 13.9 Å². The highest BCUT2D eigenvalue weighted by atomic mass is 32.2. The van der Waals surface area contributed by atoms with E-state index in [-0.39, 0.29) is 17.2 Å². The van der Waals surface area contributed by atoms with Gasteiger partial charge in [-0.1, -0.05) is 60.3 Å². The average Bonchev–Trinajstić information content (AvgIpc) is 2.88. The maximum absolute atomic E-state index is 12.5. The first-order valence-electron chi connectivity index (χ1n) is 11.1. The van der Waals surface area contributed by atoms with E-state index >= 15 is 0 Å². The summed E-state index contributed by atoms with van der Waals surface area (Å²) < 4.78 is 11.5. The normalized spacial score (nSPS) is 11.0. The maximum atomic E-state index is 12.5. The fourth-order valence-corrected chi connectivity index (χ4v) is 4.52. The molecule has 7 nitrogen and oxygen atoms in total. The topological polar surface area (TPSA) is 101 Å². The summed E-state index contributed by atoms with van der Waals surface area (Å²) in [6.45, 7) is 2.40. The number of hydrogen-bond donors (Lipinski definition) is 2. The van der Waals surface area contributed by atoms with Gasteiger partial charge in [0.15, 0.2) is 17.2 Å². The minimum atomic E-state index is -0.129. The molecule has 0 bridgehead atoms. The number of aromatic nitrogens is 2. The van der Waals surface area contributed by atoms with Crippen molar-refractivity contribution in [3.63, 3.8) is 0 Å². The Morgan fingerprint density at radius 3 is 2.66 bits per heavy atom. The standard InChI is InChI=1S/C27H22N4O3S/c1-2-33-22-14-8-9-17-15-20(25(28)34-24(17)22)26-30-21-13-7-6-12-19(21)27(31-26)35-16-23(32)29-18-10-4-3-5-11-18/h3-15,28H,2,16H2,1H3,(H,29,32). The third kappa shape index (κ3) is 4.88. The summed E-state index contributed by atoms with van der Waals surface area (Å²) >= 11 is 1.33. The molecule has 3 aromatic carbocycles. The quantitative estimate of drug-likeness (QED) is 0.230. The Hall–Kier alpha value is -4.17. The number of benzene rings is 3. The van der Waals surface area contributed by atoms with Gasteiger partial charge >= 0.3 is 0 Å². The van der Waals surface area contributed by atoms with Crippen molar-refractivity contribution in [1.82, 2.24) is 9.97 Å². The molecule has 0 saturated heterocycles. The predicted molar refractivity (Wildman–Crippen MR) is 138 cm³/mol. The van der Waals surface area contributed by atoms with E-state index in [0.717, 1.165) is 22.0 Å². The van der Waals surface area contributed by atoms with Crippen molar-refractivity contribution in [3.8, 4) is 17.1 Å². The van der Waals surface area contributed by atoms with Crippen LogP contribution in [-0.4, -0.2) is 28.2 Å². The van der Waals surface area contributed by atoms with Crippen molar-refractivity contribution in [2.75, 3.05) is 17.7 Å². The molecule has 1 amide bonds. The number of para-hydroxylation sites is 3. The Labute approximate surface area is 205 Å². The second-order valence-electron chi connectivity index (χ2n) is 7.67. The van der Waals surface area contributed by atoms with Crippen LogP contribution in [0.25, 0.3) is 33.3 Å². The largest absolute Gasteiger partial charge is 0.490 e. The number of carbonyl (C=O) groups excluding carboxylic acids is 1. The number of hydrogen-bond acceptors (Lipinski definition) is 7. The summed E-state index contributed by atoms with van der Waals surface area (Å²) in [6, 6.07) is 24.4. The van der Waals surface area contributed by atoms with E-state index in [1.54, 1.807) is 0 Å². The molecule has 0 aliphatic rings. The Morgan fingerprint density at radius 2 is 1.83 bits per heavy atom. The molecule has 0 saturated carbocycles. The minimum absolute atomic E-state index is 0.0577. The number of thioether (sulfide) groups is 1. The number of nitrogens with one attached hydrogen (secondary N) is 2. The fraction of sp³-hybridized carbons (Fsp3) is 0.111. The minimum Gasteiger partial charge on any atom is -0.490 e. The molecular weight excluding hydrogens is 460 g/mol. The summed E-state index contributed by atoms with van der Waals surface area (Å²) in [5, 5.41) is 13.7. The van der Waals surface area contributed by atoms with Crippen LogP contribution >= 0.6 is 11.8 Å². The van der Waals surface area contributed by atoms with Crippen molar-refractivity contribution >= 4 is 45.2 Å². The summed E-state index contributed by atoms with van der Waals surface area (Å²) in [5.74, 6) is 1.01. The van der Waals surface area contributed by atoms with Crippen LogP contribution in [0.4, 0.5) is 5.69 Å². The zero-order valence-corrected chi connectivity index (χ0v) is 19.8. The van der Waals surface area contributed by atoms with Crippen molar-refractivity contribution in [3.05, 3.63) is 84.4 Å². The number of rotatable bonds is 7. The molecule has 0 spiro atoms. The molecule has 8 heteroatoms. The van der Waals surface area contributed by atoms with Gasteiger partial charge in [-0.3, -0.25) is 10.2 Å².